The molecule has 1 aliphatic carbocycles. The Bertz CT molecular complexity index is 1010. The minimum Gasteiger partial charge on any atom is -0.361 e. The summed E-state index contributed by atoms with van der Waals surface area (Å²) in [4.78, 5) is 15.5. The summed E-state index contributed by atoms with van der Waals surface area (Å²) in [6.45, 7) is 0.143. The molecule has 3 aromatic rings. The lowest BCUT2D eigenvalue weighted by molar-refractivity contribution is -0.0129. The highest BCUT2D eigenvalue weighted by Gasteiger charge is 2.38. The summed E-state index contributed by atoms with van der Waals surface area (Å²) in [5, 5.41) is 7.51. The molecule has 26 heavy (non-hydrogen) atoms. The van der Waals surface area contributed by atoms with E-state index in [1.807, 2.05) is 0 Å². The Labute approximate surface area is 147 Å². The monoisotopic (exact) mass is 362 g/mol. The molecular formula is C18H17F3N4O. The number of carbonyl (C=O) groups excluding carboxylic acids is 1. The molecule has 2 heterocycles. The van der Waals surface area contributed by atoms with Gasteiger partial charge in [-0.25, -0.2) is 13.2 Å². The molecule has 8 heteroatoms. The smallest absolute Gasteiger partial charge is 0.272 e. The highest BCUT2D eigenvalue weighted by atomic mass is 19.3. The van der Waals surface area contributed by atoms with Crippen LogP contribution in [0.3, 0.4) is 0 Å². The van der Waals surface area contributed by atoms with Gasteiger partial charge in [-0.05, 0) is 30.2 Å². The topological polar surface area (TPSA) is 62.7 Å². The summed E-state index contributed by atoms with van der Waals surface area (Å²) in [7, 11) is 1.65. The molecule has 1 amide bonds. The van der Waals surface area contributed by atoms with Gasteiger partial charge in [-0.1, -0.05) is 0 Å². The van der Waals surface area contributed by atoms with E-state index in [2.05, 4.69) is 15.4 Å². The second-order valence-electron chi connectivity index (χ2n) is 6.62. The van der Waals surface area contributed by atoms with Crippen molar-refractivity contribution < 1.29 is 18.0 Å². The van der Waals surface area contributed by atoms with Crippen LogP contribution in [0.1, 0.15) is 33.7 Å². The Morgan fingerprint density at radius 3 is 3.04 bits per heavy atom. The molecular weight excluding hydrogens is 345 g/mol. The van der Waals surface area contributed by atoms with Gasteiger partial charge >= 0.3 is 0 Å². The zero-order valence-electron chi connectivity index (χ0n) is 14.1. The number of fused-ring (bicyclic) bond motifs is 2. The Kier molecular flexibility index (Phi) is 3.78. The van der Waals surface area contributed by atoms with Crippen molar-refractivity contribution in [3.63, 3.8) is 0 Å². The van der Waals surface area contributed by atoms with Gasteiger partial charge in [0.25, 0.3) is 11.8 Å². The molecule has 1 aliphatic rings. The summed E-state index contributed by atoms with van der Waals surface area (Å²) >= 11 is 0. The van der Waals surface area contributed by atoms with E-state index in [-0.39, 0.29) is 30.9 Å². The summed E-state index contributed by atoms with van der Waals surface area (Å²) in [5.41, 5.74) is 2.49. The van der Waals surface area contributed by atoms with Crippen molar-refractivity contribution in [2.75, 3.05) is 0 Å². The van der Waals surface area contributed by atoms with E-state index in [9.17, 15) is 18.0 Å². The number of aryl methyl sites for hydroxylation is 1. The molecule has 0 bridgehead atoms. The van der Waals surface area contributed by atoms with Crippen molar-refractivity contribution in [2.45, 2.75) is 31.7 Å². The first-order chi connectivity index (χ1) is 12.3. The van der Waals surface area contributed by atoms with Gasteiger partial charge in [-0.2, -0.15) is 5.10 Å². The lowest BCUT2D eigenvalue weighted by Crippen LogP contribution is -2.29. The van der Waals surface area contributed by atoms with Crippen LogP contribution in [0.2, 0.25) is 0 Å². The zero-order valence-corrected chi connectivity index (χ0v) is 14.1. The van der Waals surface area contributed by atoms with Crippen LogP contribution < -0.4 is 5.32 Å². The van der Waals surface area contributed by atoms with Crippen LogP contribution in [0.4, 0.5) is 13.2 Å². The van der Waals surface area contributed by atoms with Crippen LogP contribution >= 0.6 is 0 Å². The molecule has 0 fully saturated rings. The van der Waals surface area contributed by atoms with Gasteiger partial charge in [0.05, 0.1) is 0 Å². The van der Waals surface area contributed by atoms with E-state index in [0.29, 0.717) is 22.2 Å². The number of carbonyl (C=O) groups is 1. The second-order valence-corrected chi connectivity index (χ2v) is 6.62. The Morgan fingerprint density at radius 1 is 1.42 bits per heavy atom. The number of nitrogens with zero attached hydrogens (tertiary/aromatic N) is 2. The van der Waals surface area contributed by atoms with Crippen molar-refractivity contribution in [1.29, 1.82) is 0 Å². The standard InChI is InChI=1S/C18H17F3N4O/c1-25-15-4-5-18(20,21)7-13(15)16(24-25)17(26)23-9-10-8-22-14-3-2-11(19)6-12(10)14/h2-3,6,8,22H,4-5,7,9H2,1H3,(H,23,26). The van der Waals surface area contributed by atoms with Gasteiger partial charge < -0.3 is 10.3 Å². The molecule has 0 saturated carbocycles. The molecule has 0 aliphatic heterocycles. The Balaban J connectivity index is 1.57. The first kappa shape index (κ1) is 16.7. The minimum atomic E-state index is -2.82. The number of amides is 1. The molecule has 0 spiro atoms. The van der Waals surface area contributed by atoms with Crippen LogP contribution in [0.25, 0.3) is 10.9 Å². The summed E-state index contributed by atoms with van der Waals surface area (Å²) in [5.74, 6) is -3.70. The highest BCUT2D eigenvalue weighted by molar-refractivity contribution is 5.94. The summed E-state index contributed by atoms with van der Waals surface area (Å²) < 4.78 is 42.4. The molecule has 2 N–H and O–H groups in total. The molecule has 4 rings (SSSR count). The zero-order chi connectivity index (χ0) is 18.5. The van der Waals surface area contributed by atoms with E-state index in [0.717, 1.165) is 5.52 Å². The molecule has 0 radical (unpaired) electrons. The number of aromatic nitrogens is 3. The predicted molar refractivity (Wildman–Crippen MR) is 89.6 cm³/mol. The van der Waals surface area contributed by atoms with Gasteiger partial charge in [0, 0.05) is 54.8 Å². The van der Waals surface area contributed by atoms with Gasteiger partial charge in [-0.3, -0.25) is 9.48 Å². The van der Waals surface area contributed by atoms with Crippen LogP contribution in [0.15, 0.2) is 24.4 Å². The third-order valence-corrected chi connectivity index (χ3v) is 4.82. The second kappa shape index (κ2) is 5.89. The van der Waals surface area contributed by atoms with Crippen molar-refractivity contribution in [3.8, 4) is 0 Å². The normalized spacial score (nSPS) is 15.8. The molecule has 0 unspecified atom stereocenters. The van der Waals surface area contributed by atoms with Crippen molar-refractivity contribution in [1.82, 2.24) is 20.1 Å². The quantitative estimate of drug-likeness (QED) is 0.752. The molecule has 5 nitrogen and oxygen atoms in total. The first-order valence-electron chi connectivity index (χ1n) is 8.30. The Hall–Kier alpha value is -2.77. The fourth-order valence-corrected chi connectivity index (χ4v) is 3.49. The maximum atomic E-state index is 13.7. The Morgan fingerprint density at radius 2 is 2.23 bits per heavy atom. The van der Waals surface area contributed by atoms with Crippen LogP contribution in [-0.4, -0.2) is 26.6 Å². The van der Waals surface area contributed by atoms with Crippen LogP contribution in [0.5, 0.6) is 0 Å². The van der Waals surface area contributed by atoms with E-state index < -0.39 is 18.3 Å². The lowest BCUT2D eigenvalue weighted by atomic mass is 9.92. The number of alkyl halides is 2. The van der Waals surface area contributed by atoms with Gasteiger partial charge in [-0.15, -0.1) is 0 Å². The molecule has 136 valence electrons. The summed E-state index contributed by atoms with van der Waals surface area (Å²) in [6, 6.07) is 4.35. The molecule has 2 aromatic heterocycles. The number of aromatic amines is 1. The number of hydrogen-bond acceptors (Lipinski definition) is 2. The number of hydrogen-bond donors (Lipinski definition) is 2. The van der Waals surface area contributed by atoms with Crippen LogP contribution in [-0.2, 0) is 26.4 Å². The van der Waals surface area contributed by atoms with Gasteiger partial charge in [0.15, 0.2) is 5.69 Å². The molecule has 0 atom stereocenters. The fraction of sp³-hybridized carbons (Fsp3) is 0.333. The largest absolute Gasteiger partial charge is 0.361 e. The van der Waals surface area contributed by atoms with Crippen molar-refractivity contribution in [2.24, 2.45) is 7.05 Å². The van der Waals surface area contributed by atoms with E-state index >= 15 is 0 Å². The van der Waals surface area contributed by atoms with E-state index in [1.165, 1.54) is 16.8 Å². The number of rotatable bonds is 3. The van der Waals surface area contributed by atoms with E-state index in [4.69, 9.17) is 0 Å². The van der Waals surface area contributed by atoms with Gasteiger partial charge in [0.1, 0.15) is 5.82 Å². The van der Waals surface area contributed by atoms with Crippen molar-refractivity contribution >= 4 is 16.8 Å². The summed E-state index contributed by atoms with van der Waals surface area (Å²) in [6.07, 6.45) is 1.17. The number of benzene rings is 1. The average Bonchev–Trinajstić information content (AvgIpc) is 3.12. The number of halogens is 3. The minimum absolute atomic E-state index is 0.0351. The third-order valence-electron chi connectivity index (χ3n) is 4.82. The van der Waals surface area contributed by atoms with Crippen molar-refractivity contribution in [3.05, 3.63) is 52.7 Å². The third kappa shape index (κ3) is 2.85. The molecule has 0 saturated heterocycles. The van der Waals surface area contributed by atoms with Gasteiger partial charge in [0.2, 0.25) is 0 Å². The SMILES string of the molecule is Cn1nc(C(=O)NCc2c[nH]c3ccc(F)cc23)c2c1CCC(F)(F)C2. The average molecular weight is 362 g/mol. The fourth-order valence-electron chi connectivity index (χ4n) is 3.49. The maximum Gasteiger partial charge on any atom is 0.272 e. The highest BCUT2D eigenvalue weighted by Crippen LogP contribution is 2.34. The van der Waals surface area contributed by atoms with E-state index in [1.54, 1.807) is 19.3 Å². The number of H-pyrrole nitrogens is 1. The predicted octanol–water partition coefficient (Wildman–Crippen LogP) is 3.09. The first-order valence-corrected chi connectivity index (χ1v) is 8.30. The molecule has 1 aromatic carbocycles. The maximum absolute atomic E-state index is 13.7. The van der Waals surface area contributed by atoms with Crippen LogP contribution in [0, 0.1) is 5.82 Å². The lowest BCUT2D eigenvalue weighted by Gasteiger charge is -2.22. The number of nitrogens with one attached hydrogen (secondary N) is 2.